The smallest absolute Gasteiger partial charge is 0.252 e. The van der Waals surface area contributed by atoms with Gasteiger partial charge in [-0.15, -0.1) is 12.3 Å². The Hall–Kier alpha value is -1.34. The first-order chi connectivity index (χ1) is 7.24. The van der Waals surface area contributed by atoms with Gasteiger partial charge in [0.1, 0.15) is 4.60 Å². The predicted molar refractivity (Wildman–Crippen MR) is 62.3 cm³/mol. The first-order valence-electron chi connectivity index (χ1n) is 4.57. The fourth-order valence-corrected chi connectivity index (χ4v) is 1.24. The minimum absolute atomic E-state index is 0.118. The number of pyridine rings is 1. The molecule has 0 saturated carbocycles. The van der Waals surface area contributed by atoms with Crippen LogP contribution >= 0.6 is 15.9 Å². The van der Waals surface area contributed by atoms with Crippen molar-refractivity contribution in [1.29, 1.82) is 0 Å². The molecule has 1 aromatic rings. The monoisotopic (exact) mass is 266 g/mol. The Morgan fingerprint density at radius 2 is 2.40 bits per heavy atom. The number of hydrogen-bond acceptors (Lipinski definition) is 2. The van der Waals surface area contributed by atoms with Crippen molar-refractivity contribution in [3.8, 4) is 12.3 Å². The van der Waals surface area contributed by atoms with E-state index in [2.05, 4.69) is 32.2 Å². The summed E-state index contributed by atoms with van der Waals surface area (Å²) in [5.41, 5.74) is 0.555. The summed E-state index contributed by atoms with van der Waals surface area (Å²) in [4.78, 5) is 15.5. The van der Waals surface area contributed by atoms with Crippen LogP contribution in [0.3, 0.4) is 0 Å². The molecule has 1 heterocycles. The van der Waals surface area contributed by atoms with Gasteiger partial charge in [0, 0.05) is 19.2 Å². The van der Waals surface area contributed by atoms with Gasteiger partial charge < -0.3 is 5.32 Å². The van der Waals surface area contributed by atoms with E-state index in [0.29, 0.717) is 23.1 Å². The van der Waals surface area contributed by atoms with Gasteiger partial charge in [0.15, 0.2) is 0 Å². The van der Waals surface area contributed by atoms with E-state index >= 15 is 0 Å². The Kier molecular flexibility index (Phi) is 4.85. The maximum absolute atomic E-state index is 11.5. The van der Waals surface area contributed by atoms with Crippen LogP contribution in [0.2, 0.25) is 0 Å². The Bertz CT molecular complexity index is 367. The second-order valence-corrected chi connectivity index (χ2v) is 3.75. The second-order valence-electron chi connectivity index (χ2n) is 2.93. The number of rotatable bonds is 4. The molecule has 0 bridgehead atoms. The highest BCUT2D eigenvalue weighted by Gasteiger charge is 2.03. The van der Waals surface area contributed by atoms with Gasteiger partial charge in [0.2, 0.25) is 0 Å². The lowest BCUT2D eigenvalue weighted by Crippen LogP contribution is -2.24. The predicted octanol–water partition coefficient (Wildman–Crippen LogP) is 1.99. The number of hydrogen-bond donors (Lipinski definition) is 1. The number of aromatic nitrogens is 1. The van der Waals surface area contributed by atoms with Gasteiger partial charge in [0.05, 0.1) is 5.56 Å². The van der Waals surface area contributed by atoms with Crippen LogP contribution in [0, 0.1) is 12.3 Å². The van der Waals surface area contributed by atoms with E-state index in [1.54, 1.807) is 12.1 Å². The minimum atomic E-state index is -0.118. The van der Waals surface area contributed by atoms with Gasteiger partial charge >= 0.3 is 0 Å². The molecule has 0 saturated heterocycles. The molecule has 0 aromatic carbocycles. The summed E-state index contributed by atoms with van der Waals surface area (Å²) in [5, 5.41) is 2.76. The van der Waals surface area contributed by atoms with Crippen molar-refractivity contribution in [1.82, 2.24) is 10.3 Å². The summed E-state index contributed by atoms with van der Waals surface area (Å²) >= 11 is 3.20. The summed E-state index contributed by atoms with van der Waals surface area (Å²) in [6, 6.07) is 3.45. The quantitative estimate of drug-likeness (QED) is 0.515. The Labute approximate surface area is 97.4 Å². The van der Waals surface area contributed by atoms with E-state index in [4.69, 9.17) is 6.42 Å². The van der Waals surface area contributed by atoms with Crippen molar-refractivity contribution >= 4 is 21.8 Å². The van der Waals surface area contributed by atoms with Crippen LogP contribution in [0.1, 0.15) is 23.2 Å². The number of nitrogens with zero attached hydrogens (tertiary/aromatic N) is 1. The van der Waals surface area contributed by atoms with Crippen molar-refractivity contribution in [2.24, 2.45) is 0 Å². The maximum atomic E-state index is 11.5. The number of nitrogens with one attached hydrogen (secondary N) is 1. The van der Waals surface area contributed by atoms with Crippen LogP contribution < -0.4 is 5.32 Å². The van der Waals surface area contributed by atoms with Gasteiger partial charge in [0.25, 0.3) is 5.91 Å². The molecular formula is C11H11BrN2O. The minimum Gasteiger partial charge on any atom is -0.352 e. The zero-order chi connectivity index (χ0) is 11.1. The van der Waals surface area contributed by atoms with E-state index in [9.17, 15) is 4.79 Å². The molecule has 0 aliphatic heterocycles. The number of unbranched alkanes of at least 4 members (excludes halogenated alkanes) is 1. The van der Waals surface area contributed by atoms with Crippen LogP contribution in [-0.4, -0.2) is 17.4 Å². The molecule has 0 fully saturated rings. The Balaban J connectivity index is 2.41. The molecule has 1 rings (SSSR count). The zero-order valence-corrected chi connectivity index (χ0v) is 9.75. The third kappa shape index (κ3) is 4.13. The summed E-state index contributed by atoms with van der Waals surface area (Å²) < 4.78 is 0.714. The highest BCUT2D eigenvalue weighted by molar-refractivity contribution is 9.10. The molecule has 4 heteroatoms. The largest absolute Gasteiger partial charge is 0.352 e. The maximum Gasteiger partial charge on any atom is 0.252 e. The SMILES string of the molecule is C#CCCCNC(=O)c1ccc(Br)nc1. The van der Waals surface area contributed by atoms with E-state index in [1.165, 1.54) is 6.20 Å². The van der Waals surface area contributed by atoms with E-state index in [-0.39, 0.29) is 5.91 Å². The van der Waals surface area contributed by atoms with E-state index < -0.39 is 0 Å². The van der Waals surface area contributed by atoms with Crippen molar-refractivity contribution in [2.75, 3.05) is 6.54 Å². The Morgan fingerprint density at radius 3 is 3.00 bits per heavy atom. The molecular weight excluding hydrogens is 256 g/mol. The second kappa shape index (κ2) is 6.20. The summed E-state index contributed by atoms with van der Waals surface area (Å²) in [5.74, 6) is 2.40. The molecule has 0 radical (unpaired) electrons. The number of carbonyl (C=O) groups is 1. The summed E-state index contributed by atoms with van der Waals surface area (Å²) in [6.07, 6.45) is 8.10. The van der Waals surface area contributed by atoms with E-state index in [0.717, 1.165) is 6.42 Å². The summed E-state index contributed by atoms with van der Waals surface area (Å²) in [7, 11) is 0. The number of carbonyl (C=O) groups excluding carboxylic acids is 1. The van der Waals surface area contributed by atoms with Gasteiger partial charge in [-0.1, -0.05) is 0 Å². The summed E-state index contributed by atoms with van der Waals surface area (Å²) in [6.45, 7) is 0.596. The van der Waals surface area contributed by atoms with Crippen molar-refractivity contribution in [3.63, 3.8) is 0 Å². The topological polar surface area (TPSA) is 42.0 Å². The van der Waals surface area contributed by atoms with Crippen LogP contribution in [0.15, 0.2) is 22.9 Å². The highest BCUT2D eigenvalue weighted by atomic mass is 79.9. The zero-order valence-electron chi connectivity index (χ0n) is 8.16. The van der Waals surface area contributed by atoms with Crippen molar-refractivity contribution < 1.29 is 4.79 Å². The molecule has 0 aliphatic rings. The van der Waals surface area contributed by atoms with Crippen LogP contribution in [0.4, 0.5) is 0 Å². The molecule has 0 atom stereocenters. The molecule has 1 aromatic heterocycles. The fraction of sp³-hybridized carbons (Fsp3) is 0.273. The molecule has 0 aliphatic carbocycles. The average Bonchev–Trinajstić information content (AvgIpc) is 2.25. The van der Waals surface area contributed by atoms with Crippen molar-refractivity contribution in [3.05, 3.63) is 28.5 Å². The van der Waals surface area contributed by atoms with Gasteiger partial charge in [-0.05, 0) is 34.5 Å². The van der Waals surface area contributed by atoms with Gasteiger partial charge in [-0.25, -0.2) is 4.98 Å². The lowest BCUT2D eigenvalue weighted by molar-refractivity contribution is 0.0953. The molecule has 1 amide bonds. The molecule has 78 valence electrons. The van der Waals surface area contributed by atoms with Crippen molar-refractivity contribution in [2.45, 2.75) is 12.8 Å². The standard InChI is InChI=1S/C11H11BrN2O/c1-2-3-4-7-13-11(15)9-5-6-10(12)14-8-9/h1,5-6,8H,3-4,7H2,(H,13,15). The third-order valence-electron chi connectivity index (χ3n) is 1.77. The lowest BCUT2D eigenvalue weighted by atomic mass is 10.2. The Morgan fingerprint density at radius 1 is 1.60 bits per heavy atom. The van der Waals surface area contributed by atoms with Crippen LogP contribution in [0.25, 0.3) is 0 Å². The fourth-order valence-electron chi connectivity index (χ4n) is 1.00. The molecule has 3 nitrogen and oxygen atoms in total. The number of terminal acetylenes is 1. The van der Waals surface area contributed by atoms with E-state index in [1.807, 2.05) is 0 Å². The van der Waals surface area contributed by atoms with Crippen LogP contribution in [0.5, 0.6) is 0 Å². The van der Waals surface area contributed by atoms with Gasteiger partial charge in [-0.3, -0.25) is 4.79 Å². The highest BCUT2D eigenvalue weighted by Crippen LogP contribution is 2.05. The van der Waals surface area contributed by atoms with Crippen LogP contribution in [-0.2, 0) is 0 Å². The number of amides is 1. The normalized spacial score (nSPS) is 9.33. The average molecular weight is 267 g/mol. The number of halogens is 1. The molecule has 15 heavy (non-hydrogen) atoms. The third-order valence-corrected chi connectivity index (χ3v) is 2.24. The first kappa shape index (κ1) is 11.7. The first-order valence-corrected chi connectivity index (χ1v) is 5.36. The van der Waals surface area contributed by atoms with Gasteiger partial charge in [-0.2, -0.15) is 0 Å². The molecule has 0 spiro atoms. The lowest BCUT2D eigenvalue weighted by Gasteiger charge is -2.03. The molecule has 1 N–H and O–H groups in total. The molecule has 0 unspecified atom stereocenters.